The van der Waals surface area contributed by atoms with E-state index >= 15 is 0 Å². The first-order chi connectivity index (χ1) is 9.13. The lowest BCUT2D eigenvalue weighted by Crippen LogP contribution is -2.33. The van der Waals surface area contributed by atoms with Gasteiger partial charge in [0.1, 0.15) is 12.4 Å². The molecule has 0 saturated carbocycles. The zero-order chi connectivity index (χ0) is 13.8. The minimum atomic E-state index is -0.934. The number of carboxylic acids is 1. The van der Waals surface area contributed by atoms with Crippen LogP contribution in [-0.2, 0) is 9.53 Å². The Kier molecular flexibility index (Phi) is 3.91. The van der Waals surface area contributed by atoms with Crippen molar-refractivity contribution in [2.45, 2.75) is 6.92 Å². The maximum atomic E-state index is 10.9. The van der Waals surface area contributed by atoms with Gasteiger partial charge in [-0.05, 0) is 6.92 Å². The Labute approximate surface area is 109 Å². The van der Waals surface area contributed by atoms with Crippen LogP contribution in [0.2, 0.25) is 0 Å². The van der Waals surface area contributed by atoms with Crippen molar-refractivity contribution in [2.75, 3.05) is 31.7 Å². The summed E-state index contributed by atoms with van der Waals surface area (Å²) < 4.78 is 6.76. The smallest absolute Gasteiger partial charge is 0.323 e. The Bertz CT molecular complexity index is 583. The molecular weight excluding hydrogens is 250 g/mol. The SMILES string of the molecule is COCCN(CC(=O)O)c1nccn2c(C)nnc12. The van der Waals surface area contributed by atoms with Crippen molar-refractivity contribution in [3.63, 3.8) is 0 Å². The van der Waals surface area contributed by atoms with Gasteiger partial charge in [0.15, 0.2) is 5.82 Å². The van der Waals surface area contributed by atoms with Gasteiger partial charge < -0.3 is 14.7 Å². The summed E-state index contributed by atoms with van der Waals surface area (Å²) in [5.74, 6) is 0.277. The minimum absolute atomic E-state index is 0.165. The third-order valence-corrected chi connectivity index (χ3v) is 2.67. The number of nitrogens with zero attached hydrogens (tertiary/aromatic N) is 5. The topological polar surface area (TPSA) is 92.8 Å². The molecule has 2 aromatic heterocycles. The van der Waals surface area contributed by atoms with E-state index in [0.717, 1.165) is 5.82 Å². The molecule has 8 heteroatoms. The summed E-state index contributed by atoms with van der Waals surface area (Å²) in [4.78, 5) is 16.8. The molecule has 0 aromatic carbocycles. The first-order valence-corrected chi connectivity index (χ1v) is 5.75. The number of hydrogen-bond acceptors (Lipinski definition) is 6. The van der Waals surface area contributed by atoms with E-state index in [1.807, 2.05) is 6.92 Å². The first-order valence-electron chi connectivity index (χ1n) is 5.75. The predicted octanol–water partition coefficient (Wildman–Crippen LogP) is -0.0299. The molecule has 0 aliphatic rings. The van der Waals surface area contributed by atoms with Gasteiger partial charge in [0, 0.05) is 26.0 Å². The second-order valence-electron chi connectivity index (χ2n) is 4.00. The van der Waals surface area contributed by atoms with Gasteiger partial charge in [-0.1, -0.05) is 0 Å². The standard InChI is InChI=1S/C11H15N5O3/c1-8-13-14-11-10(12-3-4-16(8)11)15(5-6-19-2)7-9(17)18/h3-4H,5-7H2,1-2H3,(H,17,18). The van der Waals surface area contributed by atoms with Crippen molar-refractivity contribution >= 4 is 17.4 Å². The second kappa shape index (κ2) is 5.61. The van der Waals surface area contributed by atoms with Gasteiger partial charge >= 0.3 is 5.97 Å². The summed E-state index contributed by atoms with van der Waals surface area (Å²) >= 11 is 0. The van der Waals surface area contributed by atoms with Gasteiger partial charge in [0.2, 0.25) is 5.65 Å². The second-order valence-corrected chi connectivity index (χ2v) is 4.00. The van der Waals surface area contributed by atoms with Gasteiger partial charge in [0.05, 0.1) is 6.61 Å². The van der Waals surface area contributed by atoms with E-state index in [1.54, 1.807) is 28.8 Å². The summed E-state index contributed by atoms with van der Waals surface area (Å²) in [5.41, 5.74) is 0.539. The van der Waals surface area contributed by atoms with E-state index in [9.17, 15) is 4.79 Å². The number of methoxy groups -OCH3 is 1. The molecule has 2 rings (SSSR count). The molecule has 2 aromatic rings. The molecule has 0 spiro atoms. The third kappa shape index (κ3) is 2.79. The van der Waals surface area contributed by atoms with E-state index in [-0.39, 0.29) is 6.54 Å². The first kappa shape index (κ1) is 13.2. The zero-order valence-corrected chi connectivity index (χ0v) is 10.8. The van der Waals surface area contributed by atoms with Crippen LogP contribution >= 0.6 is 0 Å². The van der Waals surface area contributed by atoms with Crippen LogP contribution in [0, 0.1) is 6.92 Å². The molecule has 0 amide bonds. The minimum Gasteiger partial charge on any atom is -0.480 e. The van der Waals surface area contributed by atoms with E-state index in [4.69, 9.17) is 9.84 Å². The summed E-state index contributed by atoms with van der Waals surface area (Å²) in [7, 11) is 1.56. The van der Waals surface area contributed by atoms with E-state index < -0.39 is 5.97 Å². The molecule has 0 aliphatic carbocycles. The van der Waals surface area contributed by atoms with E-state index in [2.05, 4.69) is 15.2 Å². The molecule has 2 heterocycles. The summed E-state index contributed by atoms with van der Waals surface area (Å²) in [6.07, 6.45) is 3.34. The van der Waals surface area contributed by atoms with Crippen molar-refractivity contribution in [3.8, 4) is 0 Å². The fourth-order valence-electron chi connectivity index (χ4n) is 1.78. The van der Waals surface area contributed by atoms with Gasteiger partial charge in [-0.25, -0.2) is 4.98 Å². The molecule has 8 nitrogen and oxygen atoms in total. The van der Waals surface area contributed by atoms with Gasteiger partial charge in [-0.2, -0.15) is 0 Å². The molecule has 102 valence electrons. The van der Waals surface area contributed by atoms with Gasteiger partial charge in [-0.3, -0.25) is 9.20 Å². The molecule has 19 heavy (non-hydrogen) atoms. The number of aromatic nitrogens is 4. The third-order valence-electron chi connectivity index (χ3n) is 2.67. The lowest BCUT2D eigenvalue weighted by molar-refractivity contribution is -0.135. The van der Waals surface area contributed by atoms with Crippen molar-refractivity contribution in [3.05, 3.63) is 18.2 Å². The van der Waals surface area contributed by atoms with Crippen molar-refractivity contribution in [1.29, 1.82) is 0 Å². The normalized spacial score (nSPS) is 10.8. The maximum Gasteiger partial charge on any atom is 0.323 e. The van der Waals surface area contributed by atoms with Crippen molar-refractivity contribution < 1.29 is 14.6 Å². The number of carboxylic acid groups (broad SMARTS) is 1. The quantitative estimate of drug-likeness (QED) is 0.783. The number of rotatable bonds is 6. The van der Waals surface area contributed by atoms with Gasteiger partial charge in [0.25, 0.3) is 0 Å². The van der Waals surface area contributed by atoms with Crippen LogP contribution in [0.5, 0.6) is 0 Å². The largest absolute Gasteiger partial charge is 0.480 e. The highest BCUT2D eigenvalue weighted by Crippen LogP contribution is 2.16. The summed E-state index contributed by atoms with van der Waals surface area (Å²) in [5, 5.41) is 17.0. The zero-order valence-electron chi connectivity index (χ0n) is 10.8. The Hall–Kier alpha value is -2.22. The molecule has 0 fully saturated rings. The van der Waals surface area contributed by atoms with E-state index in [0.29, 0.717) is 24.6 Å². The van der Waals surface area contributed by atoms with Gasteiger partial charge in [-0.15, -0.1) is 10.2 Å². The highest BCUT2D eigenvalue weighted by atomic mass is 16.5. The van der Waals surface area contributed by atoms with E-state index in [1.165, 1.54) is 0 Å². The molecule has 0 aliphatic heterocycles. The average molecular weight is 265 g/mol. The molecule has 0 bridgehead atoms. The monoisotopic (exact) mass is 265 g/mol. The predicted molar refractivity (Wildman–Crippen MR) is 67.2 cm³/mol. The summed E-state index contributed by atoms with van der Waals surface area (Å²) in [6.45, 7) is 2.48. The van der Waals surface area contributed by atoms with Crippen molar-refractivity contribution in [2.24, 2.45) is 0 Å². The number of carbonyl (C=O) groups is 1. The molecule has 0 atom stereocenters. The lowest BCUT2D eigenvalue weighted by Gasteiger charge is -2.21. The molecule has 0 radical (unpaired) electrons. The van der Waals surface area contributed by atoms with Crippen LogP contribution in [0.4, 0.5) is 5.82 Å². The molecular formula is C11H15N5O3. The number of anilines is 1. The lowest BCUT2D eigenvalue weighted by atomic mass is 10.4. The average Bonchev–Trinajstić information content (AvgIpc) is 2.76. The Morgan fingerprint density at radius 3 is 3.00 bits per heavy atom. The molecule has 0 unspecified atom stereocenters. The van der Waals surface area contributed by atoms with Crippen LogP contribution < -0.4 is 4.90 Å². The van der Waals surface area contributed by atoms with Crippen molar-refractivity contribution in [1.82, 2.24) is 19.6 Å². The highest BCUT2D eigenvalue weighted by Gasteiger charge is 2.17. The molecule has 0 saturated heterocycles. The molecule has 1 N–H and O–H groups in total. The number of ether oxygens (including phenoxy) is 1. The maximum absolute atomic E-state index is 10.9. The van der Waals surface area contributed by atoms with Crippen LogP contribution in [0.1, 0.15) is 5.82 Å². The number of hydrogen-bond donors (Lipinski definition) is 1. The van der Waals surface area contributed by atoms with Crippen LogP contribution in [0.3, 0.4) is 0 Å². The fourth-order valence-corrected chi connectivity index (χ4v) is 1.78. The van der Waals surface area contributed by atoms with Crippen LogP contribution in [-0.4, -0.2) is 57.5 Å². The number of aryl methyl sites for hydroxylation is 1. The Morgan fingerprint density at radius 2 is 2.32 bits per heavy atom. The van der Waals surface area contributed by atoms with Crippen LogP contribution in [0.25, 0.3) is 5.65 Å². The van der Waals surface area contributed by atoms with Crippen LogP contribution in [0.15, 0.2) is 12.4 Å². The number of aliphatic carboxylic acids is 1. The summed E-state index contributed by atoms with van der Waals surface area (Å²) in [6, 6.07) is 0. The Balaban J connectivity index is 2.39. The Morgan fingerprint density at radius 1 is 1.53 bits per heavy atom. The highest BCUT2D eigenvalue weighted by molar-refractivity contribution is 5.76. The number of fused-ring (bicyclic) bond motifs is 1. The fraction of sp³-hybridized carbons (Fsp3) is 0.455.